The molecule has 0 atom stereocenters. The maximum atomic E-state index is 5.58. The van der Waals surface area contributed by atoms with Crippen LogP contribution in [0.3, 0.4) is 0 Å². The minimum absolute atomic E-state index is 0.773. The van der Waals surface area contributed by atoms with Crippen LogP contribution in [-0.4, -0.2) is 23.3 Å². The zero-order valence-electron chi connectivity index (χ0n) is 13.4. The van der Waals surface area contributed by atoms with Crippen LogP contribution in [0, 0.1) is 0 Å². The SMILES string of the molecule is S=C1NCN(Cc2ccccc2)CN1c1cccc2ccccc12. The van der Waals surface area contributed by atoms with Crippen LogP contribution < -0.4 is 10.2 Å². The Labute approximate surface area is 147 Å². The first-order chi connectivity index (χ1) is 11.8. The Bertz CT molecular complexity index is 858. The van der Waals surface area contributed by atoms with Crippen LogP contribution in [0.15, 0.2) is 72.8 Å². The highest BCUT2D eigenvalue weighted by atomic mass is 32.1. The molecule has 3 aromatic carbocycles. The fourth-order valence-electron chi connectivity index (χ4n) is 3.17. The van der Waals surface area contributed by atoms with Crippen molar-refractivity contribution in [3.63, 3.8) is 0 Å². The maximum Gasteiger partial charge on any atom is 0.175 e. The van der Waals surface area contributed by atoms with Gasteiger partial charge in [0.25, 0.3) is 0 Å². The number of thiocarbonyl (C=S) groups is 1. The van der Waals surface area contributed by atoms with Crippen molar-refractivity contribution in [2.45, 2.75) is 6.54 Å². The number of rotatable bonds is 3. The molecule has 1 fully saturated rings. The highest BCUT2D eigenvalue weighted by Gasteiger charge is 2.23. The molecule has 1 aliphatic rings. The molecule has 0 bridgehead atoms. The first kappa shape index (κ1) is 15.1. The number of anilines is 1. The monoisotopic (exact) mass is 333 g/mol. The van der Waals surface area contributed by atoms with Gasteiger partial charge in [0.05, 0.1) is 19.0 Å². The summed E-state index contributed by atoms with van der Waals surface area (Å²) in [5.41, 5.74) is 2.47. The predicted octanol–water partition coefficient (Wildman–Crippen LogP) is 3.95. The summed E-state index contributed by atoms with van der Waals surface area (Å²) in [5, 5.41) is 6.60. The summed E-state index contributed by atoms with van der Waals surface area (Å²) in [4.78, 5) is 4.54. The van der Waals surface area contributed by atoms with E-state index in [-0.39, 0.29) is 0 Å². The third-order valence-corrected chi connectivity index (χ3v) is 4.71. The van der Waals surface area contributed by atoms with Gasteiger partial charge in [-0.1, -0.05) is 66.7 Å². The third kappa shape index (κ3) is 2.98. The molecule has 120 valence electrons. The first-order valence-corrected chi connectivity index (χ1v) is 8.51. The van der Waals surface area contributed by atoms with Gasteiger partial charge >= 0.3 is 0 Å². The zero-order valence-corrected chi connectivity index (χ0v) is 14.2. The van der Waals surface area contributed by atoms with Gasteiger partial charge < -0.3 is 10.2 Å². The van der Waals surface area contributed by atoms with Gasteiger partial charge in [0.15, 0.2) is 5.11 Å². The van der Waals surface area contributed by atoms with Crippen LogP contribution >= 0.6 is 12.2 Å². The smallest absolute Gasteiger partial charge is 0.175 e. The lowest BCUT2D eigenvalue weighted by molar-refractivity contribution is 0.253. The molecule has 1 aliphatic heterocycles. The molecule has 0 spiro atoms. The Morgan fingerprint density at radius 1 is 0.875 bits per heavy atom. The van der Waals surface area contributed by atoms with E-state index in [1.807, 2.05) is 0 Å². The van der Waals surface area contributed by atoms with Gasteiger partial charge in [-0.15, -0.1) is 0 Å². The molecule has 0 amide bonds. The second-order valence-electron chi connectivity index (χ2n) is 6.02. The van der Waals surface area contributed by atoms with Crippen molar-refractivity contribution in [3.05, 3.63) is 78.4 Å². The van der Waals surface area contributed by atoms with Crippen molar-refractivity contribution in [1.82, 2.24) is 10.2 Å². The summed E-state index contributed by atoms with van der Waals surface area (Å²) in [7, 11) is 0. The summed E-state index contributed by atoms with van der Waals surface area (Å²) in [6, 6.07) is 25.4. The fraction of sp³-hybridized carbons (Fsp3) is 0.150. The average molecular weight is 333 g/mol. The number of nitrogens with zero attached hydrogens (tertiary/aromatic N) is 2. The number of hydrogen-bond donors (Lipinski definition) is 1. The molecular weight excluding hydrogens is 314 g/mol. The van der Waals surface area contributed by atoms with Gasteiger partial charge in [0.1, 0.15) is 0 Å². The predicted molar refractivity (Wildman–Crippen MR) is 104 cm³/mol. The van der Waals surface area contributed by atoms with Crippen LogP contribution in [0.2, 0.25) is 0 Å². The molecule has 0 unspecified atom stereocenters. The van der Waals surface area contributed by atoms with Crippen molar-refractivity contribution in [2.75, 3.05) is 18.2 Å². The highest BCUT2D eigenvalue weighted by molar-refractivity contribution is 7.80. The van der Waals surface area contributed by atoms with Gasteiger partial charge in [0.2, 0.25) is 0 Å². The van der Waals surface area contributed by atoms with Crippen LogP contribution in [0.25, 0.3) is 10.8 Å². The summed E-state index contributed by atoms with van der Waals surface area (Å²) in [5.74, 6) is 0. The quantitative estimate of drug-likeness (QED) is 0.731. The second kappa shape index (κ2) is 6.59. The lowest BCUT2D eigenvalue weighted by Gasteiger charge is -2.38. The lowest BCUT2D eigenvalue weighted by Crippen LogP contribution is -2.56. The van der Waals surface area contributed by atoms with Gasteiger partial charge in [-0.05, 0) is 29.2 Å². The summed E-state index contributed by atoms with van der Waals surface area (Å²) >= 11 is 5.58. The van der Waals surface area contributed by atoms with Gasteiger partial charge in [-0.3, -0.25) is 4.90 Å². The summed E-state index contributed by atoms with van der Waals surface area (Å²) in [6.45, 7) is 2.46. The Morgan fingerprint density at radius 2 is 1.62 bits per heavy atom. The molecule has 0 radical (unpaired) electrons. The normalized spacial score (nSPS) is 15.5. The van der Waals surface area contributed by atoms with E-state index in [1.165, 1.54) is 16.3 Å². The molecule has 1 saturated heterocycles. The molecular formula is C20H19N3S. The average Bonchev–Trinajstić information content (AvgIpc) is 2.64. The van der Waals surface area contributed by atoms with Gasteiger partial charge in [-0.25, -0.2) is 0 Å². The lowest BCUT2D eigenvalue weighted by atomic mass is 10.1. The molecule has 0 saturated carbocycles. The van der Waals surface area contributed by atoms with Crippen LogP contribution in [0.1, 0.15) is 5.56 Å². The highest BCUT2D eigenvalue weighted by Crippen LogP contribution is 2.28. The third-order valence-electron chi connectivity index (χ3n) is 4.35. The van der Waals surface area contributed by atoms with Crippen LogP contribution in [-0.2, 0) is 6.54 Å². The Hall–Kier alpha value is -2.43. The van der Waals surface area contributed by atoms with E-state index in [2.05, 4.69) is 87.9 Å². The van der Waals surface area contributed by atoms with Crippen LogP contribution in [0.4, 0.5) is 5.69 Å². The molecule has 24 heavy (non-hydrogen) atoms. The van der Waals surface area contributed by atoms with Crippen molar-refractivity contribution >= 4 is 33.8 Å². The summed E-state index contributed by atoms with van der Waals surface area (Å²) in [6.07, 6.45) is 0. The van der Waals surface area contributed by atoms with Gasteiger partial charge in [-0.2, -0.15) is 0 Å². The first-order valence-electron chi connectivity index (χ1n) is 8.11. The Kier molecular flexibility index (Phi) is 4.15. The molecule has 3 aromatic rings. The molecule has 1 N–H and O–H groups in total. The van der Waals surface area contributed by atoms with Crippen molar-refractivity contribution in [2.24, 2.45) is 0 Å². The number of fused-ring (bicyclic) bond motifs is 1. The standard InChI is InChI=1S/C20H19N3S/c24-20-21-14-22(13-16-7-2-1-3-8-16)15-23(20)19-12-6-10-17-9-4-5-11-18(17)19/h1-12H,13-15H2,(H,21,24). The van der Waals surface area contributed by atoms with Crippen molar-refractivity contribution < 1.29 is 0 Å². The van der Waals surface area contributed by atoms with E-state index in [9.17, 15) is 0 Å². The van der Waals surface area contributed by atoms with E-state index in [0.717, 1.165) is 30.7 Å². The number of hydrogen-bond acceptors (Lipinski definition) is 2. The minimum atomic E-state index is 0.773. The summed E-state index contributed by atoms with van der Waals surface area (Å²) < 4.78 is 0. The van der Waals surface area contributed by atoms with Crippen LogP contribution in [0.5, 0.6) is 0 Å². The Morgan fingerprint density at radius 3 is 2.50 bits per heavy atom. The Balaban J connectivity index is 1.62. The largest absolute Gasteiger partial charge is 0.349 e. The van der Waals surface area contributed by atoms with Crippen molar-refractivity contribution in [3.8, 4) is 0 Å². The second-order valence-corrected chi connectivity index (χ2v) is 6.41. The maximum absolute atomic E-state index is 5.58. The molecule has 1 heterocycles. The molecule has 0 aliphatic carbocycles. The molecule has 3 nitrogen and oxygen atoms in total. The van der Waals surface area contributed by atoms with E-state index in [0.29, 0.717) is 0 Å². The molecule has 4 heteroatoms. The zero-order chi connectivity index (χ0) is 16.4. The molecule has 4 rings (SSSR count). The minimum Gasteiger partial charge on any atom is -0.349 e. The van der Waals surface area contributed by atoms with E-state index >= 15 is 0 Å². The van der Waals surface area contributed by atoms with E-state index in [4.69, 9.17) is 12.2 Å². The number of nitrogens with one attached hydrogen (secondary N) is 1. The van der Waals surface area contributed by atoms with E-state index in [1.54, 1.807) is 0 Å². The fourth-order valence-corrected chi connectivity index (χ4v) is 3.39. The van der Waals surface area contributed by atoms with E-state index < -0.39 is 0 Å². The van der Waals surface area contributed by atoms with Crippen molar-refractivity contribution in [1.29, 1.82) is 0 Å². The number of benzene rings is 3. The topological polar surface area (TPSA) is 18.5 Å². The molecule has 0 aromatic heterocycles. The van der Waals surface area contributed by atoms with Gasteiger partial charge in [0, 0.05) is 11.9 Å².